The molecule has 0 radical (unpaired) electrons. The van der Waals surface area contributed by atoms with E-state index in [1.165, 1.54) is 17.7 Å². The number of aromatic nitrogens is 2. The van der Waals surface area contributed by atoms with Gasteiger partial charge in [-0.15, -0.1) is 0 Å². The van der Waals surface area contributed by atoms with E-state index in [0.29, 0.717) is 18.2 Å². The van der Waals surface area contributed by atoms with Crippen molar-refractivity contribution in [3.63, 3.8) is 0 Å². The van der Waals surface area contributed by atoms with Gasteiger partial charge in [-0.1, -0.05) is 46.3 Å². The van der Waals surface area contributed by atoms with Crippen LogP contribution in [-0.4, -0.2) is 26.8 Å². The van der Waals surface area contributed by atoms with Crippen molar-refractivity contribution in [3.05, 3.63) is 75.9 Å². The molecule has 0 aliphatic rings. The fourth-order valence-electron chi connectivity index (χ4n) is 2.63. The Kier molecular flexibility index (Phi) is 6.10. The van der Waals surface area contributed by atoms with Crippen molar-refractivity contribution in [1.29, 1.82) is 0 Å². The summed E-state index contributed by atoms with van der Waals surface area (Å²) in [4.78, 5) is 22.7. The standard InChI is InChI=1S/C20H18BrN3O4/c1-13(25)22-19-10-17(20(26)27)23-24(19)11-15-9-16(21)7-8-18(15)28-12-14-5-3-2-4-6-14/h2-10H,11-12H2,1H3,(H,22,25)(H,26,27). The molecule has 0 saturated heterocycles. The van der Waals surface area contributed by atoms with Crippen LogP contribution in [0.25, 0.3) is 0 Å². The SMILES string of the molecule is CC(=O)Nc1cc(C(=O)O)nn1Cc1cc(Br)ccc1OCc1ccccc1. The first-order chi connectivity index (χ1) is 13.4. The molecule has 1 amide bonds. The molecule has 2 N–H and O–H groups in total. The van der Waals surface area contributed by atoms with Gasteiger partial charge in [0.2, 0.25) is 5.91 Å². The number of carbonyl (C=O) groups is 2. The van der Waals surface area contributed by atoms with Crippen LogP contribution in [0.3, 0.4) is 0 Å². The average molecular weight is 444 g/mol. The maximum atomic E-state index is 11.4. The fourth-order valence-corrected chi connectivity index (χ4v) is 3.04. The summed E-state index contributed by atoms with van der Waals surface area (Å²) < 4.78 is 8.24. The second kappa shape index (κ2) is 8.71. The molecule has 0 bridgehead atoms. The number of amides is 1. The van der Waals surface area contributed by atoms with Crippen LogP contribution in [0.15, 0.2) is 59.1 Å². The Morgan fingerprint density at radius 2 is 1.93 bits per heavy atom. The molecule has 7 nitrogen and oxygen atoms in total. The Balaban J connectivity index is 1.88. The molecule has 0 atom stereocenters. The first-order valence-electron chi connectivity index (χ1n) is 8.46. The zero-order valence-corrected chi connectivity index (χ0v) is 16.6. The molecule has 1 heterocycles. The van der Waals surface area contributed by atoms with Crippen LogP contribution in [-0.2, 0) is 17.9 Å². The Morgan fingerprint density at radius 3 is 2.61 bits per heavy atom. The molecule has 1 aromatic heterocycles. The van der Waals surface area contributed by atoms with Crippen LogP contribution in [0.4, 0.5) is 5.82 Å². The lowest BCUT2D eigenvalue weighted by Gasteiger charge is -2.14. The van der Waals surface area contributed by atoms with Crippen molar-refractivity contribution in [3.8, 4) is 5.75 Å². The van der Waals surface area contributed by atoms with E-state index in [2.05, 4.69) is 26.3 Å². The minimum atomic E-state index is -1.17. The molecule has 3 rings (SSSR count). The lowest BCUT2D eigenvalue weighted by Crippen LogP contribution is -2.13. The highest BCUT2D eigenvalue weighted by atomic mass is 79.9. The van der Waals surface area contributed by atoms with Gasteiger partial charge < -0.3 is 15.2 Å². The van der Waals surface area contributed by atoms with Crippen LogP contribution in [0.2, 0.25) is 0 Å². The third-order valence-corrected chi connectivity index (χ3v) is 4.38. The second-order valence-electron chi connectivity index (χ2n) is 6.09. The molecule has 144 valence electrons. The van der Waals surface area contributed by atoms with Gasteiger partial charge in [0, 0.05) is 23.0 Å². The van der Waals surface area contributed by atoms with Crippen molar-refractivity contribution >= 4 is 33.6 Å². The zero-order valence-electron chi connectivity index (χ0n) is 15.1. The molecule has 3 aromatic rings. The normalized spacial score (nSPS) is 10.5. The summed E-state index contributed by atoms with van der Waals surface area (Å²) in [7, 11) is 0. The molecule has 28 heavy (non-hydrogen) atoms. The van der Waals surface area contributed by atoms with Crippen LogP contribution in [0.1, 0.15) is 28.5 Å². The first kappa shape index (κ1) is 19.6. The summed E-state index contributed by atoms with van der Waals surface area (Å²) >= 11 is 3.44. The van der Waals surface area contributed by atoms with E-state index < -0.39 is 5.97 Å². The van der Waals surface area contributed by atoms with Crippen LogP contribution in [0, 0.1) is 0 Å². The van der Waals surface area contributed by atoms with Crippen molar-refractivity contribution in [2.24, 2.45) is 0 Å². The van der Waals surface area contributed by atoms with E-state index in [4.69, 9.17) is 4.74 Å². The molecular weight excluding hydrogens is 426 g/mol. The third-order valence-electron chi connectivity index (χ3n) is 3.88. The van der Waals surface area contributed by atoms with Gasteiger partial charge in [-0.05, 0) is 23.8 Å². The topological polar surface area (TPSA) is 93.5 Å². The highest BCUT2D eigenvalue weighted by Gasteiger charge is 2.16. The van der Waals surface area contributed by atoms with E-state index in [0.717, 1.165) is 15.6 Å². The Labute approximate surface area is 170 Å². The van der Waals surface area contributed by atoms with E-state index in [9.17, 15) is 14.7 Å². The number of nitrogens with zero attached hydrogens (tertiary/aromatic N) is 2. The summed E-state index contributed by atoms with van der Waals surface area (Å²) in [6, 6.07) is 16.7. The lowest BCUT2D eigenvalue weighted by molar-refractivity contribution is -0.114. The van der Waals surface area contributed by atoms with Crippen LogP contribution < -0.4 is 10.1 Å². The number of ether oxygens (including phenoxy) is 1. The van der Waals surface area contributed by atoms with Crippen molar-refractivity contribution in [2.45, 2.75) is 20.1 Å². The van der Waals surface area contributed by atoms with Crippen molar-refractivity contribution in [2.75, 3.05) is 5.32 Å². The zero-order chi connectivity index (χ0) is 20.1. The lowest BCUT2D eigenvalue weighted by atomic mass is 10.2. The number of carboxylic acid groups (broad SMARTS) is 1. The Morgan fingerprint density at radius 1 is 1.18 bits per heavy atom. The molecule has 0 fully saturated rings. The highest BCUT2D eigenvalue weighted by molar-refractivity contribution is 9.10. The Bertz CT molecular complexity index is 1000. The van der Waals surface area contributed by atoms with Crippen molar-refractivity contribution in [1.82, 2.24) is 9.78 Å². The Hall–Kier alpha value is -3.13. The maximum absolute atomic E-state index is 11.4. The third kappa shape index (κ3) is 4.98. The van der Waals surface area contributed by atoms with E-state index in [1.807, 2.05) is 48.5 Å². The van der Waals surface area contributed by atoms with E-state index >= 15 is 0 Å². The minimum absolute atomic E-state index is 0.148. The number of hydrogen-bond donors (Lipinski definition) is 2. The highest BCUT2D eigenvalue weighted by Crippen LogP contribution is 2.26. The molecule has 0 saturated carbocycles. The van der Waals surface area contributed by atoms with E-state index in [-0.39, 0.29) is 18.1 Å². The monoisotopic (exact) mass is 443 g/mol. The number of anilines is 1. The summed E-state index contributed by atoms with van der Waals surface area (Å²) in [6.07, 6.45) is 0. The molecule has 8 heteroatoms. The molecule has 2 aromatic carbocycles. The number of aromatic carboxylic acids is 1. The molecule has 0 aliphatic heterocycles. The second-order valence-corrected chi connectivity index (χ2v) is 7.00. The van der Waals surface area contributed by atoms with Crippen LogP contribution >= 0.6 is 15.9 Å². The number of nitrogens with one attached hydrogen (secondary N) is 1. The summed E-state index contributed by atoms with van der Waals surface area (Å²) in [5, 5.41) is 15.9. The number of carbonyl (C=O) groups excluding carboxylic acids is 1. The number of rotatable bonds is 7. The molecule has 0 aliphatic carbocycles. The predicted molar refractivity (Wildman–Crippen MR) is 108 cm³/mol. The van der Waals surface area contributed by atoms with Gasteiger partial charge in [0.1, 0.15) is 18.2 Å². The number of hydrogen-bond acceptors (Lipinski definition) is 4. The van der Waals surface area contributed by atoms with Gasteiger partial charge in [0.25, 0.3) is 0 Å². The molecule has 0 spiro atoms. The van der Waals surface area contributed by atoms with Crippen molar-refractivity contribution < 1.29 is 19.4 Å². The van der Waals surface area contributed by atoms with Gasteiger partial charge in [0.15, 0.2) is 5.69 Å². The van der Waals surface area contributed by atoms with Gasteiger partial charge in [-0.3, -0.25) is 4.79 Å². The van der Waals surface area contributed by atoms with Gasteiger partial charge in [-0.2, -0.15) is 5.10 Å². The molecular formula is C20H18BrN3O4. The number of carboxylic acids is 1. The van der Waals surface area contributed by atoms with Gasteiger partial charge in [0.05, 0.1) is 6.54 Å². The summed E-state index contributed by atoms with van der Waals surface area (Å²) in [6.45, 7) is 1.98. The summed E-state index contributed by atoms with van der Waals surface area (Å²) in [5.74, 6) is -0.528. The largest absolute Gasteiger partial charge is 0.489 e. The van der Waals surface area contributed by atoms with Gasteiger partial charge in [-0.25, -0.2) is 9.48 Å². The summed E-state index contributed by atoms with van der Waals surface area (Å²) in [5.41, 5.74) is 1.67. The van der Waals surface area contributed by atoms with Crippen LogP contribution in [0.5, 0.6) is 5.75 Å². The quantitative estimate of drug-likeness (QED) is 0.576. The number of halogens is 1. The minimum Gasteiger partial charge on any atom is -0.489 e. The number of benzene rings is 2. The fraction of sp³-hybridized carbons (Fsp3) is 0.150. The molecule has 0 unspecified atom stereocenters. The maximum Gasteiger partial charge on any atom is 0.356 e. The van der Waals surface area contributed by atoms with E-state index in [1.54, 1.807) is 0 Å². The van der Waals surface area contributed by atoms with Gasteiger partial charge >= 0.3 is 5.97 Å². The smallest absolute Gasteiger partial charge is 0.356 e. The average Bonchev–Trinajstić information content (AvgIpc) is 3.04. The first-order valence-corrected chi connectivity index (χ1v) is 9.25. The predicted octanol–water partition coefficient (Wildman–Crippen LogP) is 3.93.